The predicted octanol–water partition coefficient (Wildman–Crippen LogP) is 7.30. The fourth-order valence-corrected chi connectivity index (χ4v) is 5.00. The van der Waals surface area contributed by atoms with Crippen LogP contribution >= 0.6 is 22.6 Å². The number of rotatable bonds is 12. The molecule has 1 heterocycles. The molecule has 1 unspecified atom stereocenters. The summed E-state index contributed by atoms with van der Waals surface area (Å²) >= 11 is 2.35. The van der Waals surface area contributed by atoms with Crippen molar-refractivity contribution in [2.24, 2.45) is 0 Å². The molecular weight excluding hydrogens is 561 g/mol. The minimum Gasteiger partial charge on any atom is -0.362 e. The molecule has 0 bridgehead atoms. The Hall–Kier alpha value is -2.36. The molecule has 0 fully saturated rings. The van der Waals surface area contributed by atoms with Crippen LogP contribution in [-0.2, 0) is 11.3 Å². The zero-order valence-electron chi connectivity index (χ0n) is 20.9. The summed E-state index contributed by atoms with van der Waals surface area (Å²) in [6.45, 7) is 3.13. The van der Waals surface area contributed by atoms with Gasteiger partial charge >= 0.3 is 0 Å². The number of alkyl halides is 1. The second kappa shape index (κ2) is 13.3. The van der Waals surface area contributed by atoms with Gasteiger partial charge < -0.3 is 9.94 Å². The van der Waals surface area contributed by atoms with Gasteiger partial charge in [0.1, 0.15) is 6.23 Å². The number of methoxy groups -OCH3 is 1. The topological polar surface area (TPSA) is 57.6 Å². The molecule has 6 heteroatoms. The first-order chi connectivity index (χ1) is 17.7. The first-order valence-electron chi connectivity index (χ1n) is 12.5. The summed E-state index contributed by atoms with van der Waals surface area (Å²) in [7, 11) is 1.74. The Morgan fingerprint density at radius 3 is 2.31 bits per heavy atom. The molecule has 2 N–H and O–H groups in total. The highest BCUT2D eigenvalue weighted by Crippen LogP contribution is 2.36. The first-order valence-corrected chi connectivity index (χ1v) is 14.0. The number of fused-ring (bicyclic) bond motifs is 1. The van der Waals surface area contributed by atoms with E-state index in [1.807, 2.05) is 42.5 Å². The minimum absolute atomic E-state index is 0.111. The highest BCUT2D eigenvalue weighted by Gasteiger charge is 2.26. The van der Waals surface area contributed by atoms with Crippen LogP contribution in [0.2, 0.25) is 0 Å². The number of hydrogen-bond acceptors (Lipinski definition) is 5. The molecule has 0 aliphatic rings. The maximum Gasteiger partial charge on any atom is 0.135 e. The Labute approximate surface area is 227 Å². The van der Waals surface area contributed by atoms with Gasteiger partial charge in [0, 0.05) is 46.2 Å². The van der Waals surface area contributed by atoms with E-state index in [1.165, 1.54) is 10.6 Å². The quantitative estimate of drug-likeness (QED) is 0.0779. The average Bonchev–Trinajstić information content (AvgIpc) is 2.93. The van der Waals surface area contributed by atoms with Gasteiger partial charge in [-0.25, -0.2) is 4.98 Å². The maximum absolute atomic E-state index is 10.9. The fourth-order valence-electron chi connectivity index (χ4n) is 4.66. The fraction of sp³-hybridized carbons (Fsp3) is 0.300. The average molecular weight is 596 g/mol. The van der Waals surface area contributed by atoms with Gasteiger partial charge in [0.15, 0.2) is 0 Å². The van der Waals surface area contributed by atoms with Gasteiger partial charge in [0.2, 0.25) is 0 Å². The van der Waals surface area contributed by atoms with Crippen molar-refractivity contribution in [3.63, 3.8) is 0 Å². The second-order valence-corrected chi connectivity index (χ2v) is 9.90. The van der Waals surface area contributed by atoms with Crippen molar-refractivity contribution in [2.75, 3.05) is 18.1 Å². The third-order valence-corrected chi connectivity index (χ3v) is 7.20. The molecule has 0 aliphatic heterocycles. The number of benzene rings is 3. The van der Waals surface area contributed by atoms with Gasteiger partial charge in [-0.15, -0.1) is 0 Å². The summed E-state index contributed by atoms with van der Waals surface area (Å²) in [5.74, 6) is 0. The molecule has 0 radical (unpaired) electrons. The number of aromatic nitrogens is 1. The molecule has 0 aliphatic carbocycles. The smallest absolute Gasteiger partial charge is 0.135 e. The zero-order chi connectivity index (χ0) is 25.3. The molecule has 4 aromatic rings. The van der Waals surface area contributed by atoms with Crippen molar-refractivity contribution in [1.29, 1.82) is 0 Å². The van der Waals surface area contributed by atoms with Gasteiger partial charge in [-0.05, 0) is 24.5 Å². The number of hydroxylamine groups is 2. The predicted molar refractivity (Wildman–Crippen MR) is 155 cm³/mol. The van der Waals surface area contributed by atoms with Crippen LogP contribution in [0.1, 0.15) is 48.7 Å². The van der Waals surface area contributed by atoms with Crippen LogP contribution < -0.4 is 5.32 Å². The van der Waals surface area contributed by atoms with Crippen molar-refractivity contribution in [3.8, 4) is 11.3 Å². The highest BCUT2D eigenvalue weighted by atomic mass is 127. The lowest BCUT2D eigenvalue weighted by atomic mass is 9.94. The largest absolute Gasteiger partial charge is 0.362 e. The molecule has 0 amide bonds. The van der Waals surface area contributed by atoms with E-state index in [-0.39, 0.29) is 6.04 Å². The standard InChI is InChI=1S/C30H34IN3O2/c1-3-26(22-13-6-4-7-14-22)33-30(36-2)28-24-17-10-11-18-27(24)32-29(23-15-8-5-9-16-23)25(28)21-34(35)20-12-19-31/h4-11,13-18,26,30,33,35H,3,12,19-21H2,1-2H3/t26-,30?/m0/s1. The number of nitrogens with one attached hydrogen (secondary N) is 1. The number of pyridine rings is 1. The van der Waals surface area contributed by atoms with Gasteiger partial charge in [-0.3, -0.25) is 5.32 Å². The third kappa shape index (κ3) is 6.30. The van der Waals surface area contributed by atoms with Crippen LogP contribution in [0.15, 0.2) is 84.9 Å². The van der Waals surface area contributed by atoms with Crippen molar-refractivity contribution < 1.29 is 9.94 Å². The highest BCUT2D eigenvalue weighted by molar-refractivity contribution is 14.1. The summed E-state index contributed by atoms with van der Waals surface area (Å²) in [6.07, 6.45) is 1.43. The molecule has 188 valence electrons. The monoisotopic (exact) mass is 595 g/mol. The molecule has 0 spiro atoms. The van der Waals surface area contributed by atoms with Crippen LogP contribution in [0.3, 0.4) is 0 Å². The van der Waals surface area contributed by atoms with E-state index >= 15 is 0 Å². The lowest BCUT2D eigenvalue weighted by Crippen LogP contribution is -2.30. The Kier molecular flexibility index (Phi) is 9.83. The minimum atomic E-state index is -0.390. The van der Waals surface area contributed by atoms with E-state index in [2.05, 4.69) is 77.3 Å². The van der Waals surface area contributed by atoms with Gasteiger partial charge in [-0.2, -0.15) is 5.06 Å². The summed E-state index contributed by atoms with van der Waals surface area (Å²) in [6, 6.07) is 29.0. The lowest BCUT2D eigenvalue weighted by molar-refractivity contribution is -0.0991. The first kappa shape index (κ1) is 26.7. The molecule has 0 saturated heterocycles. The number of nitrogens with zero attached hydrogens (tertiary/aromatic N) is 2. The van der Waals surface area contributed by atoms with Gasteiger partial charge in [0.05, 0.1) is 17.8 Å². The van der Waals surface area contributed by atoms with Crippen LogP contribution in [0.5, 0.6) is 0 Å². The molecule has 36 heavy (non-hydrogen) atoms. The van der Waals surface area contributed by atoms with Crippen molar-refractivity contribution in [2.45, 2.75) is 38.6 Å². The lowest BCUT2D eigenvalue weighted by Gasteiger charge is -2.29. The van der Waals surface area contributed by atoms with Crippen LogP contribution in [-0.4, -0.2) is 33.3 Å². The second-order valence-electron chi connectivity index (χ2n) is 8.82. The third-order valence-electron chi connectivity index (χ3n) is 6.44. The van der Waals surface area contributed by atoms with Crippen molar-refractivity contribution in [1.82, 2.24) is 15.4 Å². The number of halogens is 1. The van der Waals surface area contributed by atoms with Crippen LogP contribution in [0.4, 0.5) is 0 Å². The molecule has 1 aromatic heterocycles. The summed E-state index contributed by atoms with van der Waals surface area (Å²) in [5.41, 5.74) is 6.00. The van der Waals surface area contributed by atoms with E-state index in [4.69, 9.17) is 9.72 Å². The van der Waals surface area contributed by atoms with E-state index < -0.39 is 6.23 Å². The van der Waals surface area contributed by atoms with Gasteiger partial charge in [-0.1, -0.05) is 108 Å². The Morgan fingerprint density at radius 2 is 1.64 bits per heavy atom. The Bertz CT molecular complexity index is 1240. The summed E-state index contributed by atoms with van der Waals surface area (Å²) in [5, 5.41) is 17.1. The number of para-hydroxylation sites is 1. The Morgan fingerprint density at radius 1 is 0.972 bits per heavy atom. The van der Waals surface area contributed by atoms with Crippen molar-refractivity contribution >= 4 is 33.5 Å². The number of ether oxygens (including phenoxy) is 1. The SMILES string of the molecule is CC[C@H](NC(OC)c1c(CN(O)CCCI)c(-c2ccccc2)nc2ccccc12)c1ccccc1. The summed E-state index contributed by atoms with van der Waals surface area (Å²) in [4.78, 5) is 5.09. The Balaban J connectivity index is 1.89. The maximum atomic E-state index is 10.9. The summed E-state index contributed by atoms with van der Waals surface area (Å²) < 4.78 is 7.14. The molecule has 5 nitrogen and oxygen atoms in total. The van der Waals surface area contributed by atoms with Crippen LogP contribution in [0, 0.1) is 0 Å². The zero-order valence-corrected chi connectivity index (χ0v) is 23.1. The number of hydrogen-bond donors (Lipinski definition) is 2. The molecule has 3 aromatic carbocycles. The van der Waals surface area contributed by atoms with E-state index in [0.717, 1.165) is 50.6 Å². The van der Waals surface area contributed by atoms with E-state index in [0.29, 0.717) is 13.1 Å². The normalized spacial score (nSPS) is 13.2. The van der Waals surface area contributed by atoms with E-state index in [9.17, 15) is 5.21 Å². The molecule has 2 atom stereocenters. The van der Waals surface area contributed by atoms with Crippen molar-refractivity contribution in [3.05, 3.63) is 102 Å². The van der Waals surface area contributed by atoms with Crippen LogP contribution in [0.25, 0.3) is 22.2 Å². The molecule has 4 rings (SSSR count). The molecular formula is C30H34IN3O2. The van der Waals surface area contributed by atoms with Gasteiger partial charge in [0.25, 0.3) is 0 Å². The molecule has 0 saturated carbocycles. The van der Waals surface area contributed by atoms with E-state index in [1.54, 1.807) is 7.11 Å².